The van der Waals surface area contributed by atoms with Crippen molar-refractivity contribution in [3.8, 4) is 11.4 Å². The van der Waals surface area contributed by atoms with Crippen LogP contribution in [0.1, 0.15) is 45.4 Å². The molecule has 1 aromatic heterocycles. The Morgan fingerprint density at radius 3 is 2.77 bits per heavy atom. The van der Waals surface area contributed by atoms with Crippen LogP contribution in [0.5, 0.6) is 5.75 Å². The summed E-state index contributed by atoms with van der Waals surface area (Å²) in [6, 6.07) is 4.72. The molecular formula is C22H28FN5O3. The van der Waals surface area contributed by atoms with Crippen molar-refractivity contribution >= 4 is 6.09 Å². The third kappa shape index (κ3) is 4.65. The van der Waals surface area contributed by atoms with Gasteiger partial charge in [0, 0.05) is 19.2 Å². The Bertz CT molecular complexity index is 925. The summed E-state index contributed by atoms with van der Waals surface area (Å²) in [6.45, 7) is 4.09. The predicted molar refractivity (Wildman–Crippen MR) is 109 cm³/mol. The molecule has 1 aliphatic heterocycles. The van der Waals surface area contributed by atoms with Crippen molar-refractivity contribution in [3.63, 3.8) is 0 Å². The van der Waals surface area contributed by atoms with E-state index in [4.69, 9.17) is 9.47 Å². The average Bonchev–Trinajstić information content (AvgIpc) is 3.63. The monoisotopic (exact) mass is 429 g/mol. The van der Waals surface area contributed by atoms with E-state index in [1.807, 2.05) is 11.8 Å². The lowest BCUT2D eigenvalue weighted by Gasteiger charge is -2.32. The van der Waals surface area contributed by atoms with Crippen molar-refractivity contribution in [2.45, 2.75) is 51.0 Å². The van der Waals surface area contributed by atoms with Crippen LogP contribution in [-0.4, -0.2) is 56.5 Å². The van der Waals surface area contributed by atoms with Crippen LogP contribution in [0.4, 0.5) is 9.18 Å². The van der Waals surface area contributed by atoms with E-state index in [0.29, 0.717) is 30.0 Å². The summed E-state index contributed by atoms with van der Waals surface area (Å²) in [4.78, 5) is 14.1. The molecular weight excluding hydrogens is 401 g/mol. The smallest absolute Gasteiger partial charge is 0.410 e. The maximum absolute atomic E-state index is 14.3. The molecule has 0 N–H and O–H groups in total. The van der Waals surface area contributed by atoms with E-state index < -0.39 is 5.82 Å². The van der Waals surface area contributed by atoms with Crippen LogP contribution in [0, 0.1) is 23.6 Å². The van der Waals surface area contributed by atoms with Gasteiger partial charge >= 0.3 is 6.09 Å². The lowest BCUT2D eigenvalue weighted by molar-refractivity contribution is 0.0473. The van der Waals surface area contributed by atoms with Crippen LogP contribution in [-0.2, 0) is 4.74 Å². The van der Waals surface area contributed by atoms with Crippen LogP contribution < -0.4 is 4.74 Å². The summed E-state index contributed by atoms with van der Waals surface area (Å²) < 4.78 is 27.0. The molecule has 31 heavy (non-hydrogen) atoms. The van der Waals surface area contributed by atoms with Gasteiger partial charge in [0.2, 0.25) is 0 Å². The van der Waals surface area contributed by atoms with Gasteiger partial charge in [-0.15, -0.1) is 5.10 Å². The molecule has 0 bridgehead atoms. The van der Waals surface area contributed by atoms with Crippen molar-refractivity contribution in [2.24, 2.45) is 17.8 Å². The number of hydrogen-bond donors (Lipinski definition) is 0. The molecule has 1 saturated heterocycles. The first-order chi connectivity index (χ1) is 15.0. The zero-order chi connectivity index (χ0) is 21.4. The Morgan fingerprint density at radius 2 is 2.10 bits per heavy atom. The van der Waals surface area contributed by atoms with Crippen molar-refractivity contribution < 1.29 is 18.7 Å². The zero-order valence-corrected chi connectivity index (χ0v) is 17.7. The van der Waals surface area contributed by atoms with Crippen molar-refractivity contribution in [2.75, 3.05) is 19.7 Å². The van der Waals surface area contributed by atoms with E-state index in [2.05, 4.69) is 15.5 Å². The average molecular weight is 429 g/mol. The summed E-state index contributed by atoms with van der Waals surface area (Å²) in [5, 5.41) is 10.9. The second-order valence-electron chi connectivity index (χ2n) is 9.31. The highest BCUT2D eigenvalue weighted by molar-refractivity contribution is 5.68. The maximum atomic E-state index is 14.3. The van der Waals surface area contributed by atoms with Crippen LogP contribution in [0.15, 0.2) is 24.5 Å². The SMILES string of the molecule is CC1(OC(=O)N2CCC([C@@H]3C[C@H]3CCOc3ccc(-n4cnnn4)cc3F)CC2)CC1. The number of likely N-dealkylation sites (tertiary alicyclic amines) is 1. The summed E-state index contributed by atoms with van der Waals surface area (Å²) >= 11 is 0. The number of ether oxygens (including phenoxy) is 2. The summed E-state index contributed by atoms with van der Waals surface area (Å²) in [7, 11) is 0. The molecule has 2 heterocycles. The predicted octanol–water partition coefficient (Wildman–Crippen LogP) is 3.61. The summed E-state index contributed by atoms with van der Waals surface area (Å²) in [5.41, 5.74) is 0.349. The normalized spacial score (nSPS) is 24.6. The molecule has 1 amide bonds. The topological polar surface area (TPSA) is 82.4 Å². The Kier molecular flexibility index (Phi) is 5.27. The molecule has 3 fully saturated rings. The van der Waals surface area contributed by atoms with Crippen LogP contribution in [0.3, 0.4) is 0 Å². The number of hydrogen-bond acceptors (Lipinski definition) is 6. The quantitative estimate of drug-likeness (QED) is 0.669. The van der Waals surface area contributed by atoms with E-state index in [1.165, 1.54) is 23.5 Å². The van der Waals surface area contributed by atoms with Gasteiger partial charge in [0.05, 0.1) is 12.3 Å². The van der Waals surface area contributed by atoms with Crippen molar-refractivity contribution in [1.82, 2.24) is 25.1 Å². The van der Waals surface area contributed by atoms with E-state index in [0.717, 1.165) is 45.2 Å². The van der Waals surface area contributed by atoms with Gasteiger partial charge in [-0.25, -0.2) is 13.9 Å². The number of tetrazole rings is 1. The molecule has 166 valence electrons. The van der Waals surface area contributed by atoms with Crippen molar-refractivity contribution in [1.29, 1.82) is 0 Å². The van der Waals surface area contributed by atoms with Crippen LogP contribution in [0.25, 0.3) is 5.69 Å². The minimum Gasteiger partial charge on any atom is -0.491 e. The summed E-state index contributed by atoms with van der Waals surface area (Å²) in [5.74, 6) is 1.84. The Balaban J connectivity index is 1.03. The lowest BCUT2D eigenvalue weighted by Crippen LogP contribution is -2.40. The first-order valence-corrected chi connectivity index (χ1v) is 11.1. The molecule has 3 aliphatic rings. The fraction of sp³-hybridized carbons (Fsp3) is 0.636. The minimum atomic E-state index is -0.417. The fourth-order valence-corrected chi connectivity index (χ4v) is 4.59. The fourth-order valence-electron chi connectivity index (χ4n) is 4.59. The number of aromatic nitrogens is 4. The van der Waals surface area contributed by atoms with E-state index in [-0.39, 0.29) is 17.4 Å². The van der Waals surface area contributed by atoms with Gasteiger partial charge in [-0.3, -0.25) is 0 Å². The molecule has 2 atom stereocenters. The number of rotatable bonds is 7. The van der Waals surface area contributed by atoms with Gasteiger partial charge in [0.1, 0.15) is 11.9 Å². The van der Waals surface area contributed by atoms with Crippen LogP contribution >= 0.6 is 0 Å². The standard InChI is InChI=1S/C22H28FN5O3/c1-22(7-8-22)31-21(29)27-9-4-15(5-10-27)18-12-16(18)6-11-30-20-3-2-17(13-19(20)23)28-14-24-25-26-28/h2-3,13-16,18H,4-12H2,1H3/t16-,18+/m1/s1. The first-order valence-electron chi connectivity index (χ1n) is 11.1. The molecule has 0 radical (unpaired) electrons. The number of benzene rings is 1. The van der Waals surface area contributed by atoms with Gasteiger partial charge in [-0.1, -0.05) is 0 Å². The lowest BCUT2D eigenvalue weighted by atomic mass is 9.91. The molecule has 9 heteroatoms. The third-order valence-corrected chi connectivity index (χ3v) is 6.94. The number of piperidine rings is 1. The van der Waals surface area contributed by atoms with Crippen LogP contribution in [0.2, 0.25) is 0 Å². The van der Waals surface area contributed by atoms with Crippen molar-refractivity contribution in [3.05, 3.63) is 30.3 Å². The highest BCUT2D eigenvalue weighted by Gasteiger charge is 2.45. The largest absolute Gasteiger partial charge is 0.491 e. The molecule has 0 spiro atoms. The molecule has 2 aromatic rings. The number of carbonyl (C=O) groups excluding carboxylic acids is 1. The van der Waals surface area contributed by atoms with Gasteiger partial charge < -0.3 is 14.4 Å². The molecule has 2 saturated carbocycles. The highest BCUT2D eigenvalue weighted by Crippen LogP contribution is 2.50. The number of carbonyl (C=O) groups is 1. The molecule has 1 aromatic carbocycles. The third-order valence-electron chi connectivity index (χ3n) is 6.94. The van der Waals surface area contributed by atoms with Gasteiger partial charge in [-0.05, 0) is 85.8 Å². The molecule has 5 rings (SSSR count). The Labute approximate surface area is 180 Å². The maximum Gasteiger partial charge on any atom is 0.410 e. The van der Waals surface area contributed by atoms with E-state index in [1.54, 1.807) is 12.1 Å². The first kappa shape index (κ1) is 20.2. The zero-order valence-electron chi connectivity index (χ0n) is 17.7. The Morgan fingerprint density at radius 1 is 1.29 bits per heavy atom. The molecule has 8 nitrogen and oxygen atoms in total. The number of nitrogens with zero attached hydrogens (tertiary/aromatic N) is 5. The van der Waals surface area contributed by atoms with E-state index >= 15 is 0 Å². The Hall–Kier alpha value is -2.71. The second-order valence-corrected chi connectivity index (χ2v) is 9.31. The van der Waals surface area contributed by atoms with Gasteiger partial charge in [0.15, 0.2) is 11.6 Å². The number of halogens is 1. The minimum absolute atomic E-state index is 0.146. The molecule has 2 aliphatic carbocycles. The second kappa shape index (κ2) is 8.09. The van der Waals surface area contributed by atoms with E-state index in [9.17, 15) is 9.18 Å². The van der Waals surface area contributed by atoms with Gasteiger partial charge in [0.25, 0.3) is 0 Å². The molecule has 0 unspecified atom stereocenters. The number of amides is 1. The van der Waals surface area contributed by atoms with Gasteiger partial charge in [-0.2, -0.15) is 0 Å². The summed E-state index contributed by atoms with van der Waals surface area (Å²) in [6.07, 6.45) is 7.46. The highest BCUT2D eigenvalue weighted by atomic mass is 19.1.